The molecule has 2 aliphatic heterocycles. The van der Waals surface area contributed by atoms with Gasteiger partial charge in [0, 0.05) is 30.9 Å². The smallest absolute Gasteiger partial charge is 0.333 e. The van der Waals surface area contributed by atoms with Crippen LogP contribution in [0.4, 0.5) is 0 Å². The van der Waals surface area contributed by atoms with Gasteiger partial charge in [-0.1, -0.05) is 20.4 Å². The summed E-state index contributed by atoms with van der Waals surface area (Å²) < 4.78 is 31.1. The normalized spacial score (nSPS) is 52.0. The van der Waals surface area contributed by atoms with Crippen LogP contribution in [0.25, 0.3) is 0 Å². The van der Waals surface area contributed by atoms with E-state index in [0.29, 0.717) is 103 Å². The first-order valence-corrected chi connectivity index (χ1v) is 27.9. The molecule has 14 unspecified atom stereocenters. The minimum absolute atomic E-state index is 0.0514. The zero-order chi connectivity index (χ0) is 48.2. The summed E-state index contributed by atoms with van der Waals surface area (Å²) in [6, 6.07) is 0. The van der Waals surface area contributed by atoms with Crippen molar-refractivity contribution in [1.29, 1.82) is 0 Å². The van der Waals surface area contributed by atoms with Crippen molar-refractivity contribution in [3.8, 4) is 0 Å². The van der Waals surface area contributed by atoms with Crippen molar-refractivity contribution >= 4 is 29.8 Å². The van der Waals surface area contributed by atoms with E-state index < -0.39 is 81.6 Å². The fraction of sp³-hybridized carbons (Fsp3) is 0.877. The summed E-state index contributed by atoms with van der Waals surface area (Å²) in [4.78, 5) is 68.9. The van der Waals surface area contributed by atoms with Crippen LogP contribution >= 0.6 is 0 Å². The molecule has 2 saturated heterocycles. The zero-order valence-electron chi connectivity index (χ0n) is 41.8. The molecule has 69 heavy (non-hydrogen) atoms. The first kappa shape index (κ1) is 47.2. The largest absolute Gasteiger partial charge is 0.459 e. The number of carbonyl (C=O) groups is 5. The highest BCUT2D eigenvalue weighted by atomic mass is 16.6. The fourth-order valence-corrected chi connectivity index (χ4v) is 20.6. The molecule has 12 heteroatoms. The number of carbonyl (C=O) groups excluding carboxylic acids is 5. The summed E-state index contributed by atoms with van der Waals surface area (Å²) in [5.41, 5.74) is -2.60. The summed E-state index contributed by atoms with van der Waals surface area (Å²) in [6.45, 7) is 11.9. The van der Waals surface area contributed by atoms with Gasteiger partial charge in [-0.3, -0.25) is 19.2 Å². The van der Waals surface area contributed by atoms with Crippen molar-refractivity contribution < 1.29 is 57.9 Å². The van der Waals surface area contributed by atoms with Crippen LogP contribution < -0.4 is 0 Å². The topological polar surface area (TPSA) is 172 Å². The van der Waals surface area contributed by atoms with Gasteiger partial charge in [0.2, 0.25) is 0 Å². The number of rotatable bonds is 10. The Morgan fingerprint density at radius 1 is 0.667 bits per heavy atom. The molecule has 14 saturated carbocycles. The van der Waals surface area contributed by atoms with Gasteiger partial charge in [-0.25, -0.2) is 4.79 Å². The molecule has 2 heterocycles. The molecule has 14 atom stereocenters. The predicted octanol–water partition coefficient (Wildman–Crippen LogP) is 8.61. The highest BCUT2D eigenvalue weighted by Gasteiger charge is 2.65. The van der Waals surface area contributed by atoms with E-state index in [-0.39, 0.29) is 17.9 Å². The molecule has 0 spiro atoms. The lowest BCUT2D eigenvalue weighted by Crippen LogP contribution is -2.61. The molecule has 16 fully saturated rings. The quantitative estimate of drug-likeness (QED) is 0.0926. The number of cyclic esters (lactones) is 2. The number of aliphatic hydroxyl groups is 2. The van der Waals surface area contributed by atoms with Crippen molar-refractivity contribution in [3.63, 3.8) is 0 Å². The summed E-state index contributed by atoms with van der Waals surface area (Å²) in [5.74, 6) is -0.624. The van der Waals surface area contributed by atoms with Crippen LogP contribution in [0.15, 0.2) is 12.2 Å². The van der Waals surface area contributed by atoms with Crippen LogP contribution in [0.3, 0.4) is 0 Å². The van der Waals surface area contributed by atoms with Gasteiger partial charge >= 0.3 is 29.8 Å². The Kier molecular flexibility index (Phi) is 11.3. The first-order chi connectivity index (χ1) is 32.7. The molecule has 0 radical (unpaired) electrons. The molecule has 0 aromatic heterocycles. The number of hydrogen-bond acceptors (Lipinski definition) is 12. The van der Waals surface area contributed by atoms with Crippen molar-refractivity contribution in [2.45, 2.75) is 203 Å². The maximum atomic E-state index is 15.1. The van der Waals surface area contributed by atoms with Crippen LogP contribution in [0.1, 0.15) is 169 Å². The van der Waals surface area contributed by atoms with E-state index in [9.17, 15) is 29.4 Å². The Morgan fingerprint density at radius 3 is 1.71 bits per heavy atom. The van der Waals surface area contributed by atoms with Gasteiger partial charge in [0.25, 0.3) is 0 Å². The number of hydrogen-bond donors (Lipinski definition) is 2. The third-order valence-corrected chi connectivity index (χ3v) is 22.4. The molecule has 12 nitrogen and oxygen atoms in total. The number of ether oxygens (including phenoxy) is 5. The maximum absolute atomic E-state index is 15.1. The standard InChI is InChI=1S/C43H60O9.C14H20O3/c1-21-27-6-7-28(15-27)32(21)34-35(39(46)50-38(34)45)36-31(5-4-8-49-36)33(40(47)51-41(3)29-11-23-9-24(13-29)14-30(41)12-23)22(2)37(44)52-43-18-25-10-26(19-43)17-42(48,16-25)20-43;1-9(2)12(15)17-14-6-10-3-11(7-14)5-13(16,4-10)8-14/h21-36,48H,4-20H2,1-3H3;10-11,16H,1,3-8H2,2H3. The molecule has 380 valence electrons. The van der Waals surface area contributed by atoms with Gasteiger partial charge in [-0.2, -0.15) is 0 Å². The van der Waals surface area contributed by atoms with Gasteiger partial charge in [0.05, 0.1) is 41.0 Å². The molecule has 0 aromatic carbocycles. The van der Waals surface area contributed by atoms with Crippen molar-refractivity contribution in [2.24, 2.45) is 101 Å². The Hall–Kier alpha value is -2.83. The highest BCUT2D eigenvalue weighted by Crippen LogP contribution is 2.63. The van der Waals surface area contributed by atoms with E-state index >= 15 is 4.79 Å². The summed E-state index contributed by atoms with van der Waals surface area (Å²) in [5, 5.41) is 22.0. The fourth-order valence-electron chi connectivity index (χ4n) is 20.6. The van der Waals surface area contributed by atoms with Crippen LogP contribution in [0, 0.1) is 101 Å². The second-order valence-electron chi connectivity index (χ2n) is 27.3. The van der Waals surface area contributed by atoms with Gasteiger partial charge in [0.1, 0.15) is 16.8 Å². The number of esters is 5. The number of fused-ring (bicyclic) bond motifs is 2. The van der Waals surface area contributed by atoms with Gasteiger partial charge in [0.15, 0.2) is 0 Å². The lowest BCUT2D eigenvalue weighted by Gasteiger charge is -2.59. The average molecular weight is 957 g/mol. The van der Waals surface area contributed by atoms with E-state index in [0.717, 1.165) is 96.3 Å². The van der Waals surface area contributed by atoms with E-state index in [1.807, 2.05) is 6.92 Å². The van der Waals surface area contributed by atoms with Crippen LogP contribution in [0.5, 0.6) is 0 Å². The maximum Gasteiger partial charge on any atom is 0.333 e. The van der Waals surface area contributed by atoms with E-state index in [1.165, 1.54) is 19.3 Å². The predicted molar refractivity (Wildman–Crippen MR) is 250 cm³/mol. The lowest BCUT2D eigenvalue weighted by molar-refractivity contribution is -0.228. The summed E-state index contributed by atoms with van der Waals surface area (Å²) in [6.07, 6.45) is 19.6. The average Bonchev–Trinajstić information content (AvgIpc) is 3.93. The minimum atomic E-state index is -0.898. The van der Waals surface area contributed by atoms with E-state index in [1.54, 1.807) is 6.92 Å². The van der Waals surface area contributed by atoms with E-state index in [4.69, 9.17) is 23.7 Å². The van der Waals surface area contributed by atoms with E-state index in [2.05, 4.69) is 20.4 Å². The Balaban J connectivity index is 0.000000243. The third kappa shape index (κ3) is 8.01. The molecule has 14 aliphatic carbocycles. The SMILES string of the molecule is C=C(C)C(=O)OC12CC3CC(CC(O)(C3)C1)C2.CC(C(=O)OC12CC3CC(CC(O)(C3)C1)C2)C(C(=O)OC1(C)C2CC3CC(C2)CC1C3)C1CCCOC1C1C(=O)OC(=O)C1C1C2CCC(C2)C1C. The zero-order valence-corrected chi connectivity index (χ0v) is 41.8. The van der Waals surface area contributed by atoms with Crippen molar-refractivity contribution in [3.05, 3.63) is 12.2 Å². The second-order valence-corrected chi connectivity index (χ2v) is 27.3. The molecule has 0 aromatic rings. The molecule has 14 bridgehead atoms. The summed E-state index contributed by atoms with van der Waals surface area (Å²) in [7, 11) is 0. The third-order valence-electron chi connectivity index (χ3n) is 22.4. The van der Waals surface area contributed by atoms with Crippen LogP contribution in [-0.2, 0) is 47.7 Å². The van der Waals surface area contributed by atoms with Gasteiger partial charge < -0.3 is 33.9 Å². The van der Waals surface area contributed by atoms with Gasteiger partial charge in [-0.15, -0.1) is 0 Å². The first-order valence-electron chi connectivity index (χ1n) is 27.9. The van der Waals surface area contributed by atoms with Crippen molar-refractivity contribution in [1.82, 2.24) is 0 Å². The minimum Gasteiger partial charge on any atom is -0.459 e. The second kappa shape index (κ2) is 16.6. The molecule has 2 N–H and O–H groups in total. The Labute approximate surface area is 408 Å². The van der Waals surface area contributed by atoms with Crippen LogP contribution in [-0.4, -0.2) is 80.8 Å². The Bertz CT molecular complexity index is 2090. The highest BCUT2D eigenvalue weighted by molar-refractivity contribution is 5.97. The molecule has 16 aliphatic rings. The molecule has 0 amide bonds. The Morgan fingerprint density at radius 2 is 1.19 bits per heavy atom. The van der Waals surface area contributed by atoms with Crippen LogP contribution in [0.2, 0.25) is 0 Å². The monoisotopic (exact) mass is 957 g/mol. The molecular formula is C57H80O12. The molecule has 16 rings (SSSR count). The molecular weight excluding hydrogens is 877 g/mol. The lowest BCUT2D eigenvalue weighted by atomic mass is 9.50. The van der Waals surface area contributed by atoms with Gasteiger partial charge in [-0.05, 0) is 213 Å². The summed E-state index contributed by atoms with van der Waals surface area (Å²) >= 11 is 0. The van der Waals surface area contributed by atoms with Crippen molar-refractivity contribution in [2.75, 3.05) is 6.61 Å².